The standard InChI is InChI=1S/C24H28O4/c1-3-4-5-6-7-8-11-21(25)18-10-9-12-23-20(18)16-24(28-23)19-14-13-17(27-2)15-22(19)26/h9-10,12-16,26H,3-8,11H2,1-2H3. The van der Waals surface area contributed by atoms with Crippen LogP contribution in [-0.2, 0) is 0 Å². The maximum atomic E-state index is 12.7. The molecule has 0 unspecified atom stereocenters. The van der Waals surface area contributed by atoms with Crippen LogP contribution >= 0.6 is 0 Å². The van der Waals surface area contributed by atoms with E-state index in [1.165, 1.54) is 25.7 Å². The van der Waals surface area contributed by atoms with E-state index in [1.807, 2.05) is 24.3 Å². The molecule has 0 atom stereocenters. The van der Waals surface area contributed by atoms with E-state index in [4.69, 9.17) is 9.15 Å². The van der Waals surface area contributed by atoms with Gasteiger partial charge in [0, 0.05) is 23.4 Å². The summed E-state index contributed by atoms with van der Waals surface area (Å²) in [7, 11) is 1.55. The Morgan fingerprint density at radius 3 is 2.57 bits per heavy atom. The highest BCUT2D eigenvalue weighted by atomic mass is 16.5. The number of benzene rings is 2. The van der Waals surface area contributed by atoms with Crippen LogP contribution in [0.15, 0.2) is 46.9 Å². The summed E-state index contributed by atoms with van der Waals surface area (Å²) in [6.07, 6.45) is 7.51. The Morgan fingerprint density at radius 1 is 1.04 bits per heavy atom. The van der Waals surface area contributed by atoms with Crippen LogP contribution in [-0.4, -0.2) is 18.0 Å². The highest BCUT2D eigenvalue weighted by Crippen LogP contribution is 2.36. The number of carbonyl (C=O) groups excluding carboxylic acids is 1. The molecule has 1 N–H and O–H groups in total. The molecule has 0 saturated heterocycles. The van der Waals surface area contributed by atoms with Gasteiger partial charge in [0.2, 0.25) is 0 Å². The van der Waals surface area contributed by atoms with Crippen molar-refractivity contribution in [1.29, 1.82) is 0 Å². The molecule has 2 aromatic carbocycles. The molecule has 28 heavy (non-hydrogen) atoms. The number of phenolic OH excluding ortho intramolecular Hbond substituents is 1. The van der Waals surface area contributed by atoms with Crippen molar-refractivity contribution in [1.82, 2.24) is 0 Å². The van der Waals surface area contributed by atoms with Crippen molar-refractivity contribution in [3.05, 3.63) is 48.0 Å². The molecule has 3 rings (SSSR count). The minimum atomic E-state index is 0.0818. The summed E-state index contributed by atoms with van der Waals surface area (Å²) < 4.78 is 11.0. The molecule has 0 aliphatic heterocycles. The Bertz CT molecular complexity index is 939. The van der Waals surface area contributed by atoms with Gasteiger partial charge in [-0.1, -0.05) is 51.2 Å². The molecule has 0 spiro atoms. The lowest BCUT2D eigenvalue weighted by Gasteiger charge is -2.04. The lowest BCUT2D eigenvalue weighted by molar-refractivity contribution is 0.0980. The van der Waals surface area contributed by atoms with Crippen LogP contribution in [0.1, 0.15) is 62.2 Å². The maximum absolute atomic E-state index is 12.7. The second-order valence-electron chi connectivity index (χ2n) is 7.15. The molecule has 1 heterocycles. The minimum Gasteiger partial charge on any atom is -0.507 e. The first-order valence-electron chi connectivity index (χ1n) is 10.1. The first kappa shape index (κ1) is 20.0. The molecular weight excluding hydrogens is 352 g/mol. The van der Waals surface area contributed by atoms with Crippen LogP contribution in [0, 0.1) is 0 Å². The van der Waals surface area contributed by atoms with E-state index in [-0.39, 0.29) is 11.5 Å². The Morgan fingerprint density at radius 2 is 1.82 bits per heavy atom. The molecule has 1 aromatic heterocycles. The first-order chi connectivity index (χ1) is 13.6. The Balaban J connectivity index is 1.77. The number of furan rings is 1. The highest BCUT2D eigenvalue weighted by Gasteiger charge is 2.16. The summed E-state index contributed by atoms with van der Waals surface area (Å²) >= 11 is 0. The van der Waals surface area contributed by atoms with Crippen molar-refractivity contribution in [2.75, 3.05) is 7.11 Å². The maximum Gasteiger partial charge on any atom is 0.163 e. The number of rotatable bonds is 10. The number of unbranched alkanes of at least 4 members (excludes halogenated alkanes) is 5. The zero-order valence-corrected chi connectivity index (χ0v) is 16.7. The van der Waals surface area contributed by atoms with Crippen molar-refractivity contribution >= 4 is 16.8 Å². The van der Waals surface area contributed by atoms with Crippen LogP contribution in [0.2, 0.25) is 0 Å². The molecule has 0 radical (unpaired) electrons. The average Bonchev–Trinajstić information content (AvgIpc) is 3.14. The summed E-state index contributed by atoms with van der Waals surface area (Å²) in [5.74, 6) is 1.34. The lowest BCUT2D eigenvalue weighted by atomic mass is 10.00. The van der Waals surface area contributed by atoms with Crippen molar-refractivity contribution in [2.45, 2.75) is 51.9 Å². The Kier molecular flexibility index (Phi) is 6.75. The molecule has 0 aliphatic carbocycles. The monoisotopic (exact) mass is 380 g/mol. The van der Waals surface area contributed by atoms with Gasteiger partial charge < -0.3 is 14.3 Å². The fourth-order valence-corrected chi connectivity index (χ4v) is 3.48. The van der Waals surface area contributed by atoms with Gasteiger partial charge in [-0.15, -0.1) is 0 Å². The van der Waals surface area contributed by atoms with Gasteiger partial charge in [-0.2, -0.15) is 0 Å². The third-order valence-corrected chi connectivity index (χ3v) is 5.09. The fourth-order valence-electron chi connectivity index (χ4n) is 3.48. The van der Waals surface area contributed by atoms with Crippen LogP contribution in [0.4, 0.5) is 0 Å². The summed E-state index contributed by atoms with van der Waals surface area (Å²) in [5, 5.41) is 11.1. The van der Waals surface area contributed by atoms with E-state index in [2.05, 4.69) is 6.92 Å². The first-order valence-corrected chi connectivity index (χ1v) is 10.1. The van der Waals surface area contributed by atoms with Crippen LogP contribution in [0.5, 0.6) is 11.5 Å². The number of aromatic hydroxyl groups is 1. The minimum absolute atomic E-state index is 0.0818. The zero-order chi connectivity index (χ0) is 19.9. The highest BCUT2D eigenvalue weighted by molar-refractivity contribution is 6.08. The third-order valence-electron chi connectivity index (χ3n) is 5.09. The SMILES string of the molecule is CCCCCCCCC(=O)c1cccc2oc(-c3ccc(OC)cc3O)cc12. The predicted molar refractivity (Wildman–Crippen MR) is 112 cm³/mol. The summed E-state index contributed by atoms with van der Waals surface area (Å²) in [6.45, 7) is 2.20. The molecule has 0 aliphatic rings. The smallest absolute Gasteiger partial charge is 0.163 e. The second-order valence-corrected chi connectivity index (χ2v) is 7.15. The van der Waals surface area contributed by atoms with Gasteiger partial charge in [0.1, 0.15) is 22.8 Å². The van der Waals surface area contributed by atoms with Crippen LogP contribution < -0.4 is 4.74 Å². The largest absolute Gasteiger partial charge is 0.507 e. The predicted octanol–water partition coefficient (Wildman–Crippen LogP) is 6.75. The number of carbonyl (C=O) groups is 1. The number of hydrogen-bond donors (Lipinski definition) is 1. The number of Topliss-reactive ketones (excluding diaryl/α,β-unsaturated/α-hetero) is 1. The zero-order valence-electron chi connectivity index (χ0n) is 16.7. The fraction of sp³-hybridized carbons (Fsp3) is 0.375. The molecule has 3 aromatic rings. The van der Waals surface area contributed by atoms with Crippen LogP contribution in [0.3, 0.4) is 0 Å². The Hall–Kier alpha value is -2.75. The lowest BCUT2D eigenvalue weighted by Crippen LogP contribution is -1.99. The van der Waals surface area contributed by atoms with Crippen molar-refractivity contribution in [3.8, 4) is 22.8 Å². The summed E-state index contributed by atoms with van der Waals surface area (Å²) in [4.78, 5) is 12.7. The van der Waals surface area contributed by atoms with E-state index in [0.717, 1.165) is 18.2 Å². The molecule has 0 bridgehead atoms. The molecule has 4 heteroatoms. The average molecular weight is 380 g/mol. The van der Waals surface area contributed by atoms with Gasteiger partial charge >= 0.3 is 0 Å². The molecule has 0 fully saturated rings. The number of ketones is 1. The third kappa shape index (κ3) is 4.56. The summed E-state index contributed by atoms with van der Waals surface area (Å²) in [6, 6.07) is 12.5. The van der Waals surface area contributed by atoms with E-state index in [9.17, 15) is 9.90 Å². The normalized spacial score (nSPS) is 11.1. The number of hydrogen-bond acceptors (Lipinski definition) is 4. The molecule has 148 valence electrons. The van der Waals surface area contributed by atoms with E-state index < -0.39 is 0 Å². The van der Waals surface area contributed by atoms with Crippen LogP contribution in [0.25, 0.3) is 22.3 Å². The number of phenols is 1. The van der Waals surface area contributed by atoms with Crippen molar-refractivity contribution in [2.24, 2.45) is 0 Å². The van der Waals surface area contributed by atoms with Gasteiger partial charge in [0.25, 0.3) is 0 Å². The van der Waals surface area contributed by atoms with Gasteiger partial charge in [-0.25, -0.2) is 0 Å². The molecule has 0 amide bonds. The Labute approximate surface area is 166 Å². The van der Waals surface area contributed by atoms with Gasteiger partial charge in [0.05, 0.1) is 12.7 Å². The molecule has 0 saturated carbocycles. The number of fused-ring (bicyclic) bond motifs is 1. The quantitative estimate of drug-likeness (QED) is 0.312. The van der Waals surface area contributed by atoms with Crippen molar-refractivity contribution < 1.29 is 19.1 Å². The van der Waals surface area contributed by atoms with E-state index >= 15 is 0 Å². The van der Waals surface area contributed by atoms with E-state index in [0.29, 0.717) is 34.6 Å². The topological polar surface area (TPSA) is 59.7 Å². The number of ether oxygens (including phenoxy) is 1. The molecule has 4 nitrogen and oxygen atoms in total. The van der Waals surface area contributed by atoms with Gasteiger partial charge in [-0.3, -0.25) is 4.79 Å². The van der Waals surface area contributed by atoms with Gasteiger partial charge in [0.15, 0.2) is 5.78 Å². The second kappa shape index (κ2) is 9.45. The molecular formula is C24H28O4. The number of methoxy groups -OCH3 is 1. The van der Waals surface area contributed by atoms with Crippen molar-refractivity contribution in [3.63, 3.8) is 0 Å². The van der Waals surface area contributed by atoms with Gasteiger partial charge in [-0.05, 0) is 30.7 Å². The summed E-state index contributed by atoms with van der Waals surface area (Å²) in [5.41, 5.74) is 1.92. The van der Waals surface area contributed by atoms with E-state index in [1.54, 1.807) is 25.3 Å².